The smallest absolute Gasteiger partial charge is 0.274 e. The summed E-state index contributed by atoms with van der Waals surface area (Å²) in [5, 5.41) is 6.28. The van der Waals surface area contributed by atoms with Crippen molar-refractivity contribution in [2.45, 2.75) is 25.7 Å². The number of halogens is 2. The van der Waals surface area contributed by atoms with E-state index >= 15 is 0 Å². The average molecular weight is 294 g/mol. The number of rotatable bonds is 3. The molecule has 2 aromatic rings. The molecule has 0 saturated carbocycles. The summed E-state index contributed by atoms with van der Waals surface area (Å²) in [6.07, 6.45) is 3.28. The molecule has 6 nitrogen and oxygen atoms in total. The van der Waals surface area contributed by atoms with Gasteiger partial charge in [0.25, 0.3) is 5.92 Å². The van der Waals surface area contributed by atoms with Gasteiger partial charge in [-0.05, 0) is 12.8 Å². The maximum atomic E-state index is 13.6. The highest BCUT2D eigenvalue weighted by molar-refractivity contribution is 5.64. The second-order valence-electron chi connectivity index (χ2n) is 5.21. The number of anilines is 2. The second kappa shape index (κ2) is 4.94. The summed E-state index contributed by atoms with van der Waals surface area (Å²) in [5.74, 6) is -2.28. The van der Waals surface area contributed by atoms with E-state index in [0.717, 1.165) is 39.1 Å². The van der Waals surface area contributed by atoms with E-state index in [1.807, 2.05) is 0 Å². The number of hydrogen-bond acceptors (Lipinski definition) is 5. The molecule has 1 fully saturated rings. The molecular formula is C13H16F2N6. The van der Waals surface area contributed by atoms with Crippen molar-refractivity contribution in [3.63, 3.8) is 0 Å². The molecule has 3 heterocycles. The Morgan fingerprint density at radius 1 is 1.29 bits per heavy atom. The molecule has 3 rings (SSSR count). The van der Waals surface area contributed by atoms with Gasteiger partial charge in [-0.3, -0.25) is 5.10 Å². The zero-order chi connectivity index (χ0) is 15.0. The highest BCUT2D eigenvalue weighted by atomic mass is 19.3. The number of alkyl halides is 2. The van der Waals surface area contributed by atoms with Crippen molar-refractivity contribution in [2.24, 2.45) is 0 Å². The lowest BCUT2D eigenvalue weighted by molar-refractivity contribution is 0.0181. The summed E-state index contributed by atoms with van der Waals surface area (Å²) in [7, 11) is 0. The lowest BCUT2D eigenvalue weighted by atomic mass is 10.1. The van der Waals surface area contributed by atoms with Gasteiger partial charge in [0.05, 0.1) is 23.1 Å². The highest BCUT2D eigenvalue weighted by Gasteiger charge is 2.30. The number of nitrogens with one attached hydrogen (secondary N) is 1. The fourth-order valence-electron chi connectivity index (χ4n) is 2.50. The van der Waals surface area contributed by atoms with E-state index in [1.54, 1.807) is 6.07 Å². The third-order valence-electron chi connectivity index (χ3n) is 3.53. The normalized spacial score (nSPS) is 15.7. The first-order valence-corrected chi connectivity index (χ1v) is 6.76. The van der Waals surface area contributed by atoms with Gasteiger partial charge in [0, 0.05) is 26.1 Å². The molecule has 8 heteroatoms. The molecule has 21 heavy (non-hydrogen) atoms. The zero-order valence-electron chi connectivity index (χ0n) is 11.6. The number of hydrogen-bond donors (Lipinski definition) is 2. The minimum atomic E-state index is -3.00. The fourth-order valence-corrected chi connectivity index (χ4v) is 2.50. The van der Waals surface area contributed by atoms with E-state index in [-0.39, 0.29) is 17.2 Å². The van der Waals surface area contributed by atoms with Crippen molar-refractivity contribution in [1.29, 1.82) is 0 Å². The number of nitrogen functional groups attached to an aromatic ring is 1. The molecule has 112 valence electrons. The van der Waals surface area contributed by atoms with Gasteiger partial charge in [-0.15, -0.1) is 0 Å². The van der Waals surface area contributed by atoms with Crippen molar-refractivity contribution < 1.29 is 8.78 Å². The second-order valence-corrected chi connectivity index (χ2v) is 5.21. The van der Waals surface area contributed by atoms with E-state index < -0.39 is 5.92 Å². The lowest BCUT2D eigenvalue weighted by Gasteiger charge is -2.17. The van der Waals surface area contributed by atoms with Crippen LogP contribution in [0.25, 0.3) is 11.4 Å². The largest absolute Gasteiger partial charge is 0.368 e. The van der Waals surface area contributed by atoms with E-state index in [0.29, 0.717) is 11.5 Å². The predicted molar refractivity (Wildman–Crippen MR) is 75.0 cm³/mol. The quantitative estimate of drug-likeness (QED) is 0.906. The molecular weight excluding hydrogens is 278 g/mol. The number of nitrogens with two attached hydrogens (primary N) is 1. The number of aromatic nitrogens is 4. The number of H-pyrrole nitrogens is 1. The Kier molecular flexibility index (Phi) is 3.23. The van der Waals surface area contributed by atoms with Crippen LogP contribution in [-0.2, 0) is 5.92 Å². The first-order valence-electron chi connectivity index (χ1n) is 6.76. The standard InChI is InChI=1S/C13H16F2N6/c1-13(14,15)8-7-17-20-11(8)9-6-10(19-12(16)18-9)21-4-2-3-5-21/h6-7H,2-5H2,1H3,(H,17,20)(H2,16,18,19). The average Bonchev–Trinajstić information content (AvgIpc) is 3.09. The number of aromatic amines is 1. The highest BCUT2D eigenvalue weighted by Crippen LogP contribution is 2.34. The molecule has 0 unspecified atom stereocenters. The summed E-state index contributed by atoms with van der Waals surface area (Å²) in [6, 6.07) is 1.67. The summed E-state index contributed by atoms with van der Waals surface area (Å²) in [4.78, 5) is 10.3. The zero-order valence-corrected chi connectivity index (χ0v) is 11.6. The Balaban J connectivity index is 2.05. The topological polar surface area (TPSA) is 83.7 Å². The van der Waals surface area contributed by atoms with E-state index in [4.69, 9.17) is 5.73 Å². The monoisotopic (exact) mass is 294 g/mol. The molecule has 2 aromatic heterocycles. The van der Waals surface area contributed by atoms with Crippen molar-refractivity contribution >= 4 is 11.8 Å². The van der Waals surface area contributed by atoms with Gasteiger partial charge in [-0.25, -0.2) is 13.8 Å². The predicted octanol–water partition coefficient (Wildman–Crippen LogP) is 2.16. The SMILES string of the molecule is CC(F)(F)c1cn[nH]c1-c1cc(N2CCCC2)nc(N)n1. The molecule has 1 aliphatic heterocycles. The lowest BCUT2D eigenvalue weighted by Crippen LogP contribution is -2.20. The van der Waals surface area contributed by atoms with Crippen LogP contribution in [0, 0.1) is 0 Å². The fraction of sp³-hybridized carbons (Fsp3) is 0.462. The van der Waals surface area contributed by atoms with Crippen LogP contribution in [0.5, 0.6) is 0 Å². The van der Waals surface area contributed by atoms with Crippen molar-refractivity contribution in [3.05, 3.63) is 17.8 Å². The summed E-state index contributed by atoms with van der Waals surface area (Å²) >= 11 is 0. The Morgan fingerprint density at radius 2 is 2.00 bits per heavy atom. The first-order chi connectivity index (χ1) is 9.95. The molecule has 0 atom stereocenters. The van der Waals surface area contributed by atoms with E-state index in [2.05, 4.69) is 25.1 Å². The van der Waals surface area contributed by atoms with Gasteiger partial charge >= 0.3 is 0 Å². The maximum absolute atomic E-state index is 13.6. The van der Waals surface area contributed by atoms with Crippen LogP contribution in [0.1, 0.15) is 25.3 Å². The minimum absolute atomic E-state index is 0.0642. The molecule has 1 aliphatic rings. The molecule has 3 N–H and O–H groups in total. The van der Waals surface area contributed by atoms with Crippen LogP contribution in [0.3, 0.4) is 0 Å². The van der Waals surface area contributed by atoms with Crippen LogP contribution in [0.2, 0.25) is 0 Å². The van der Waals surface area contributed by atoms with Gasteiger partial charge in [0.1, 0.15) is 5.82 Å². The van der Waals surface area contributed by atoms with Crippen molar-refractivity contribution in [1.82, 2.24) is 20.2 Å². The Bertz CT molecular complexity index is 642. The summed E-state index contributed by atoms with van der Waals surface area (Å²) in [6.45, 7) is 2.60. The van der Waals surface area contributed by atoms with Gasteiger partial charge in [-0.1, -0.05) is 0 Å². The molecule has 0 aliphatic carbocycles. The van der Waals surface area contributed by atoms with Gasteiger partial charge in [0.2, 0.25) is 5.95 Å². The van der Waals surface area contributed by atoms with Crippen LogP contribution in [-0.4, -0.2) is 33.3 Å². The van der Waals surface area contributed by atoms with Crippen molar-refractivity contribution in [3.8, 4) is 11.4 Å². The van der Waals surface area contributed by atoms with Gasteiger partial charge < -0.3 is 10.6 Å². The Morgan fingerprint density at radius 3 is 2.67 bits per heavy atom. The van der Waals surface area contributed by atoms with Crippen LogP contribution < -0.4 is 10.6 Å². The third kappa shape index (κ3) is 2.65. The number of nitrogens with zero attached hydrogens (tertiary/aromatic N) is 4. The maximum Gasteiger partial charge on any atom is 0.274 e. The Hall–Kier alpha value is -2.25. The molecule has 0 bridgehead atoms. The summed E-state index contributed by atoms with van der Waals surface area (Å²) < 4.78 is 27.2. The van der Waals surface area contributed by atoms with E-state index in [1.165, 1.54) is 0 Å². The van der Waals surface area contributed by atoms with Crippen LogP contribution in [0.15, 0.2) is 12.3 Å². The molecule has 0 aromatic carbocycles. The minimum Gasteiger partial charge on any atom is -0.368 e. The van der Waals surface area contributed by atoms with E-state index in [9.17, 15) is 8.78 Å². The van der Waals surface area contributed by atoms with Crippen LogP contribution >= 0.6 is 0 Å². The molecule has 0 amide bonds. The van der Waals surface area contributed by atoms with Gasteiger partial charge in [0.15, 0.2) is 0 Å². The van der Waals surface area contributed by atoms with Crippen LogP contribution in [0.4, 0.5) is 20.5 Å². The summed E-state index contributed by atoms with van der Waals surface area (Å²) in [5.41, 5.74) is 6.03. The third-order valence-corrected chi connectivity index (χ3v) is 3.53. The van der Waals surface area contributed by atoms with Crippen molar-refractivity contribution in [2.75, 3.05) is 23.7 Å². The van der Waals surface area contributed by atoms with Gasteiger partial charge in [-0.2, -0.15) is 10.1 Å². The Labute approximate surface area is 120 Å². The molecule has 0 spiro atoms. The molecule has 1 saturated heterocycles. The molecule has 0 radical (unpaired) electrons. The first kappa shape index (κ1) is 13.7.